The van der Waals surface area contributed by atoms with E-state index in [4.69, 9.17) is 5.73 Å². The van der Waals surface area contributed by atoms with Gasteiger partial charge < -0.3 is 5.73 Å². The summed E-state index contributed by atoms with van der Waals surface area (Å²) in [6.45, 7) is 4.19. The van der Waals surface area contributed by atoms with Crippen molar-refractivity contribution >= 4 is 5.69 Å². The molecule has 17 heavy (non-hydrogen) atoms. The predicted octanol–water partition coefficient (Wildman–Crippen LogP) is 2.33. The Bertz CT molecular complexity index is 528. The van der Waals surface area contributed by atoms with Gasteiger partial charge in [0.25, 0.3) is 0 Å². The van der Waals surface area contributed by atoms with Crippen LogP contribution >= 0.6 is 0 Å². The van der Waals surface area contributed by atoms with E-state index in [1.54, 1.807) is 0 Å². The molecule has 2 rings (SSSR count). The van der Waals surface area contributed by atoms with Crippen LogP contribution in [0.4, 0.5) is 5.69 Å². The molecule has 0 saturated heterocycles. The first-order chi connectivity index (χ1) is 8.11. The molecule has 2 N–H and O–H groups in total. The number of benzene rings is 1. The Morgan fingerprint density at radius 3 is 2.82 bits per heavy atom. The number of nitrogen functional groups attached to an aromatic ring is 1. The maximum Gasteiger partial charge on any atom is 0.158 e. The van der Waals surface area contributed by atoms with E-state index in [1.807, 2.05) is 29.9 Å². The molecule has 1 aromatic carbocycles. The second-order valence-corrected chi connectivity index (χ2v) is 4.30. The summed E-state index contributed by atoms with van der Waals surface area (Å²) in [5, 5.41) is 4.41. The first-order valence-electron chi connectivity index (χ1n) is 5.88. The van der Waals surface area contributed by atoms with Gasteiger partial charge in [0.1, 0.15) is 0 Å². The molecule has 0 aliphatic rings. The first kappa shape index (κ1) is 11.6. The Hall–Kier alpha value is -1.84. The van der Waals surface area contributed by atoms with Crippen LogP contribution in [0.15, 0.2) is 18.2 Å². The Kier molecular flexibility index (Phi) is 3.13. The van der Waals surface area contributed by atoms with E-state index >= 15 is 0 Å². The lowest BCUT2D eigenvalue weighted by atomic mass is 10.1. The van der Waals surface area contributed by atoms with Gasteiger partial charge in [-0.3, -0.25) is 0 Å². The Morgan fingerprint density at radius 1 is 1.35 bits per heavy atom. The second-order valence-electron chi connectivity index (χ2n) is 4.30. The van der Waals surface area contributed by atoms with E-state index in [0.29, 0.717) is 0 Å². The van der Waals surface area contributed by atoms with Gasteiger partial charge in [0.2, 0.25) is 0 Å². The van der Waals surface area contributed by atoms with Crippen molar-refractivity contribution in [2.75, 3.05) is 5.73 Å². The third-order valence-corrected chi connectivity index (χ3v) is 2.78. The molecule has 0 atom stereocenters. The van der Waals surface area contributed by atoms with Crippen molar-refractivity contribution in [3.05, 3.63) is 29.6 Å². The zero-order chi connectivity index (χ0) is 12.4. The normalized spacial score (nSPS) is 10.8. The Balaban J connectivity index is 2.48. The van der Waals surface area contributed by atoms with Crippen LogP contribution in [0.2, 0.25) is 0 Å². The molecule has 0 spiro atoms. The van der Waals surface area contributed by atoms with Crippen molar-refractivity contribution in [3.8, 4) is 11.4 Å². The van der Waals surface area contributed by atoms with Crippen LogP contribution in [-0.4, -0.2) is 14.8 Å². The number of aromatic nitrogens is 3. The number of rotatable bonds is 3. The molecule has 0 aliphatic heterocycles. The molecular formula is C13H18N4. The molecule has 0 radical (unpaired) electrons. The fourth-order valence-electron chi connectivity index (χ4n) is 1.88. The fraction of sp³-hybridized carbons (Fsp3) is 0.385. The monoisotopic (exact) mass is 230 g/mol. The van der Waals surface area contributed by atoms with Gasteiger partial charge in [0, 0.05) is 24.7 Å². The third-order valence-electron chi connectivity index (χ3n) is 2.78. The van der Waals surface area contributed by atoms with Gasteiger partial charge in [-0.05, 0) is 31.0 Å². The molecule has 2 aromatic rings. The third kappa shape index (κ3) is 2.30. The topological polar surface area (TPSA) is 56.7 Å². The summed E-state index contributed by atoms with van der Waals surface area (Å²) >= 11 is 0. The summed E-state index contributed by atoms with van der Waals surface area (Å²) in [6.07, 6.45) is 1.97. The zero-order valence-electron chi connectivity index (χ0n) is 10.6. The van der Waals surface area contributed by atoms with Gasteiger partial charge in [-0.1, -0.05) is 13.0 Å². The Morgan fingerprint density at radius 2 is 2.12 bits per heavy atom. The molecule has 0 bridgehead atoms. The summed E-state index contributed by atoms with van der Waals surface area (Å²) in [4.78, 5) is 4.57. The lowest BCUT2D eigenvalue weighted by Gasteiger charge is -2.05. The van der Waals surface area contributed by atoms with Crippen LogP contribution in [0, 0.1) is 6.92 Å². The van der Waals surface area contributed by atoms with Crippen molar-refractivity contribution in [1.29, 1.82) is 0 Å². The fourth-order valence-corrected chi connectivity index (χ4v) is 1.88. The van der Waals surface area contributed by atoms with E-state index in [0.717, 1.165) is 41.3 Å². The molecule has 0 saturated carbocycles. The van der Waals surface area contributed by atoms with Crippen molar-refractivity contribution in [1.82, 2.24) is 14.8 Å². The quantitative estimate of drug-likeness (QED) is 0.823. The van der Waals surface area contributed by atoms with E-state index in [2.05, 4.69) is 23.9 Å². The van der Waals surface area contributed by atoms with Gasteiger partial charge in [-0.25, -0.2) is 9.67 Å². The minimum absolute atomic E-state index is 0.755. The van der Waals surface area contributed by atoms with Gasteiger partial charge in [0.05, 0.1) is 0 Å². The SMILES string of the molecule is CCCc1nc(-c2cc(N)ccc2C)n(C)n1. The smallest absolute Gasteiger partial charge is 0.158 e. The molecule has 1 aromatic heterocycles. The van der Waals surface area contributed by atoms with Gasteiger partial charge in [0.15, 0.2) is 11.6 Å². The molecule has 1 heterocycles. The minimum atomic E-state index is 0.755. The van der Waals surface area contributed by atoms with Crippen molar-refractivity contribution < 1.29 is 0 Å². The summed E-state index contributed by atoms with van der Waals surface area (Å²) in [7, 11) is 1.92. The summed E-state index contributed by atoms with van der Waals surface area (Å²) < 4.78 is 1.83. The molecule has 0 fully saturated rings. The highest BCUT2D eigenvalue weighted by molar-refractivity contribution is 5.65. The minimum Gasteiger partial charge on any atom is -0.399 e. The van der Waals surface area contributed by atoms with Crippen LogP contribution in [0.3, 0.4) is 0 Å². The zero-order valence-corrected chi connectivity index (χ0v) is 10.6. The van der Waals surface area contributed by atoms with Crippen molar-refractivity contribution in [2.45, 2.75) is 26.7 Å². The van der Waals surface area contributed by atoms with Crippen molar-refractivity contribution in [2.24, 2.45) is 7.05 Å². The van der Waals surface area contributed by atoms with Crippen LogP contribution in [-0.2, 0) is 13.5 Å². The van der Waals surface area contributed by atoms with Crippen LogP contribution in [0.25, 0.3) is 11.4 Å². The van der Waals surface area contributed by atoms with Crippen LogP contribution in [0.5, 0.6) is 0 Å². The number of nitrogens with two attached hydrogens (primary N) is 1. The van der Waals surface area contributed by atoms with Crippen LogP contribution < -0.4 is 5.73 Å². The standard InChI is InChI=1S/C13H18N4/c1-4-5-12-15-13(17(3)16-12)11-8-10(14)7-6-9(11)2/h6-8H,4-5,14H2,1-3H3. The number of hydrogen-bond acceptors (Lipinski definition) is 3. The highest BCUT2D eigenvalue weighted by Gasteiger charge is 2.11. The van der Waals surface area contributed by atoms with E-state index < -0.39 is 0 Å². The maximum absolute atomic E-state index is 5.82. The summed E-state index contributed by atoms with van der Waals surface area (Å²) in [6, 6.07) is 5.87. The number of nitrogens with zero attached hydrogens (tertiary/aromatic N) is 3. The molecule has 4 heteroatoms. The first-order valence-corrected chi connectivity index (χ1v) is 5.88. The number of anilines is 1. The average Bonchev–Trinajstić information content (AvgIpc) is 2.64. The molecule has 0 amide bonds. The molecule has 0 unspecified atom stereocenters. The molecular weight excluding hydrogens is 212 g/mol. The van der Waals surface area contributed by atoms with Gasteiger partial charge in [-0.15, -0.1) is 0 Å². The number of hydrogen-bond donors (Lipinski definition) is 1. The number of aryl methyl sites for hydroxylation is 3. The van der Waals surface area contributed by atoms with Gasteiger partial charge in [-0.2, -0.15) is 5.10 Å². The van der Waals surface area contributed by atoms with Crippen molar-refractivity contribution in [3.63, 3.8) is 0 Å². The molecule has 0 aliphatic carbocycles. The van der Waals surface area contributed by atoms with Crippen LogP contribution in [0.1, 0.15) is 24.7 Å². The highest BCUT2D eigenvalue weighted by atomic mass is 15.3. The summed E-state index contributed by atoms with van der Waals surface area (Å²) in [5.41, 5.74) is 8.80. The van der Waals surface area contributed by atoms with Gasteiger partial charge >= 0.3 is 0 Å². The van der Waals surface area contributed by atoms with E-state index in [1.165, 1.54) is 0 Å². The average molecular weight is 230 g/mol. The maximum atomic E-state index is 5.82. The lowest BCUT2D eigenvalue weighted by molar-refractivity contribution is 0.737. The van der Waals surface area contributed by atoms with E-state index in [9.17, 15) is 0 Å². The Labute approximate surface area is 101 Å². The highest BCUT2D eigenvalue weighted by Crippen LogP contribution is 2.23. The second kappa shape index (κ2) is 4.57. The lowest BCUT2D eigenvalue weighted by Crippen LogP contribution is -1.97. The predicted molar refractivity (Wildman–Crippen MR) is 69.6 cm³/mol. The summed E-state index contributed by atoms with van der Waals surface area (Å²) in [5.74, 6) is 1.78. The largest absolute Gasteiger partial charge is 0.399 e. The molecule has 90 valence electrons. The molecule has 4 nitrogen and oxygen atoms in total. The van der Waals surface area contributed by atoms with E-state index in [-0.39, 0.29) is 0 Å².